The van der Waals surface area contributed by atoms with Gasteiger partial charge in [0.1, 0.15) is 17.0 Å². The minimum atomic E-state index is -4.19. The fraction of sp³-hybridized carbons (Fsp3) is 0.500. The summed E-state index contributed by atoms with van der Waals surface area (Å²) in [5.41, 5.74) is 1.13. The molecule has 2 atom stereocenters. The zero-order valence-corrected chi connectivity index (χ0v) is 22.5. The summed E-state index contributed by atoms with van der Waals surface area (Å²) in [6.45, 7) is 6.88. The number of rotatable bonds is 10. The smallest absolute Gasteiger partial charge is 0.240 e. The third-order valence-electron chi connectivity index (χ3n) is 6.31. The van der Waals surface area contributed by atoms with Crippen molar-refractivity contribution in [3.05, 3.63) is 42.0 Å². The highest BCUT2D eigenvalue weighted by Crippen LogP contribution is 2.77. The van der Waals surface area contributed by atoms with E-state index >= 15 is 0 Å². The standard InChI is InChI=1S/C22H25B4N7O4S/c1-11(2)37-16(17-27-9-12(3)10-28-17)13(4)38(34,35)32-20-31-30-18(14-7-6-8-15(29-14)36-5)33(20)19-21(23,24)22(19,25)26/h6-11,13,16,19H,1-5H3,(H,31,32)/t13-,16+/m0/s1. The normalized spacial score (nSPS) is 18.2. The molecule has 1 aliphatic rings. The molecule has 0 unspecified atom stereocenters. The van der Waals surface area contributed by atoms with Crippen LogP contribution in [0.25, 0.3) is 11.5 Å². The van der Waals surface area contributed by atoms with Crippen molar-refractivity contribution in [3.63, 3.8) is 0 Å². The first-order valence-corrected chi connectivity index (χ1v) is 13.3. The van der Waals surface area contributed by atoms with E-state index in [2.05, 4.69) is 29.9 Å². The van der Waals surface area contributed by atoms with Gasteiger partial charge in [0, 0.05) is 24.5 Å². The van der Waals surface area contributed by atoms with Crippen LogP contribution in [0.2, 0.25) is 10.4 Å². The Kier molecular flexibility index (Phi) is 7.43. The molecule has 0 amide bonds. The summed E-state index contributed by atoms with van der Waals surface area (Å²) < 4.78 is 42.2. The molecule has 1 saturated carbocycles. The molecule has 0 bridgehead atoms. The van der Waals surface area contributed by atoms with Crippen molar-refractivity contribution in [3.8, 4) is 17.4 Å². The summed E-state index contributed by atoms with van der Waals surface area (Å²) in [6.07, 6.45) is 1.88. The summed E-state index contributed by atoms with van der Waals surface area (Å²) in [7, 11) is 21.9. The number of pyridine rings is 1. The third-order valence-corrected chi connectivity index (χ3v) is 8.00. The predicted octanol–water partition coefficient (Wildman–Crippen LogP) is 1.20. The topological polar surface area (TPSA) is 134 Å². The summed E-state index contributed by atoms with van der Waals surface area (Å²) in [5, 5.41) is 3.87. The molecule has 1 fully saturated rings. The number of nitrogens with one attached hydrogen (secondary N) is 1. The highest BCUT2D eigenvalue weighted by atomic mass is 32.2. The summed E-state index contributed by atoms with van der Waals surface area (Å²) >= 11 is 0. The molecule has 8 radical (unpaired) electrons. The summed E-state index contributed by atoms with van der Waals surface area (Å²) in [5.74, 6) is 0.452. The molecular formula is C22H25B4N7O4S. The van der Waals surface area contributed by atoms with Crippen LogP contribution in [0.5, 0.6) is 5.88 Å². The lowest BCUT2D eigenvalue weighted by Crippen LogP contribution is -2.35. The summed E-state index contributed by atoms with van der Waals surface area (Å²) in [6, 6.07) is 3.99. The molecule has 3 aromatic rings. The molecule has 4 rings (SSSR count). The maximum atomic E-state index is 13.6. The number of nitrogens with zero attached hydrogens (tertiary/aromatic N) is 6. The van der Waals surface area contributed by atoms with Crippen LogP contribution >= 0.6 is 0 Å². The average Bonchev–Trinajstić information content (AvgIpc) is 3.08. The van der Waals surface area contributed by atoms with E-state index in [1.165, 1.54) is 18.6 Å². The van der Waals surface area contributed by atoms with Crippen LogP contribution in [0.3, 0.4) is 0 Å². The Morgan fingerprint density at radius 1 is 1.05 bits per heavy atom. The van der Waals surface area contributed by atoms with Gasteiger partial charge in [0.15, 0.2) is 11.6 Å². The molecule has 1 aliphatic carbocycles. The molecular weight excluding hydrogens is 502 g/mol. The van der Waals surface area contributed by atoms with Crippen LogP contribution in [0, 0.1) is 6.92 Å². The second-order valence-electron chi connectivity index (χ2n) is 9.63. The van der Waals surface area contributed by atoms with E-state index in [9.17, 15) is 8.42 Å². The van der Waals surface area contributed by atoms with Gasteiger partial charge < -0.3 is 9.47 Å². The molecule has 1 N–H and O–H groups in total. The molecule has 0 aromatic carbocycles. The molecule has 3 heterocycles. The van der Waals surface area contributed by atoms with E-state index in [1.54, 1.807) is 44.4 Å². The van der Waals surface area contributed by atoms with E-state index in [0.29, 0.717) is 11.6 Å². The van der Waals surface area contributed by atoms with Gasteiger partial charge in [-0.1, -0.05) is 16.5 Å². The zero-order chi connectivity index (χ0) is 28.0. The van der Waals surface area contributed by atoms with Gasteiger partial charge in [0.25, 0.3) is 0 Å². The Labute approximate surface area is 227 Å². The van der Waals surface area contributed by atoms with Gasteiger partial charge in [-0.2, -0.15) is 0 Å². The minimum Gasteiger partial charge on any atom is -0.481 e. The highest BCUT2D eigenvalue weighted by Gasteiger charge is 2.64. The first-order valence-electron chi connectivity index (χ1n) is 11.8. The number of aromatic nitrogens is 6. The van der Waals surface area contributed by atoms with Gasteiger partial charge in [-0.25, -0.2) is 23.4 Å². The van der Waals surface area contributed by atoms with Gasteiger partial charge in [-0.3, -0.25) is 9.29 Å². The van der Waals surface area contributed by atoms with Gasteiger partial charge in [-0.05, 0) is 39.3 Å². The zero-order valence-electron chi connectivity index (χ0n) is 21.7. The molecule has 0 aliphatic heterocycles. The van der Waals surface area contributed by atoms with Crippen LogP contribution in [0.15, 0.2) is 30.6 Å². The van der Waals surface area contributed by atoms with Crippen molar-refractivity contribution in [2.24, 2.45) is 0 Å². The largest absolute Gasteiger partial charge is 0.481 e. The second kappa shape index (κ2) is 10.0. The SMILES string of the molecule is [B]C1([B])C(n2c(NS(=O)(=O)[C@@H](C)[C@@H](OC(C)C)c3ncc(C)cn3)nnc2-c2cccc(OC)n2)C1([B])[B]. The number of ether oxygens (including phenoxy) is 2. The van der Waals surface area contributed by atoms with Crippen molar-refractivity contribution < 1.29 is 17.9 Å². The van der Waals surface area contributed by atoms with E-state index in [1.807, 2.05) is 6.92 Å². The van der Waals surface area contributed by atoms with Gasteiger partial charge in [0.2, 0.25) is 21.9 Å². The van der Waals surface area contributed by atoms with E-state index in [4.69, 9.17) is 40.9 Å². The molecule has 0 saturated heterocycles. The van der Waals surface area contributed by atoms with Gasteiger partial charge in [0.05, 0.1) is 44.6 Å². The maximum absolute atomic E-state index is 13.6. The van der Waals surface area contributed by atoms with Crippen LogP contribution in [-0.2, 0) is 14.8 Å². The second-order valence-corrected chi connectivity index (χ2v) is 11.7. The average molecular weight is 527 g/mol. The van der Waals surface area contributed by atoms with Crippen LogP contribution < -0.4 is 9.46 Å². The molecule has 3 aromatic heterocycles. The first kappa shape index (κ1) is 28.2. The fourth-order valence-corrected chi connectivity index (χ4v) is 5.10. The quantitative estimate of drug-likeness (QED) is 0.387. The number of methoxy groups -OCH3 is 1. The van der Waals surface area contributed by atoms with Gasteiger partial charge in [-0.15, -0.1) is 10.2 Å². The Morgan fingerprint density at radius 2 is 1.68 bits per heavy atom. The Bertz CT molecular complexity index is 1400. The van der Waals surface area contributed by atoms with E-state index < -0.39 is 37.8 Å². The van der Waals surface area contributed by atoms with Crippen LogP contribution in [0.1, 0.15) is 44.3 Å². The minimum absolute atomic E-state index is 0.133. The van der Waals surface area contributed by atoms with E-state index in [0.717, 1.165) is 5.56 Å². The van der Waals surface area contributed by atoms with Crippen molar-refractivity contribution >= 4 is 47.4 Å². The van der Waals surface area contributed by atoms with Crippen molar-refractivity contribution in [1.29, 1.82) is 0 Å². The fourth-order valence-electron chi connectivity index (χ4n) is 4.01. The number of anilines is 1. The van der Waals surface area contributed by atoms with E-state index in [-0.39, 0.29) is 23.7 Å². The Hall–Kier alpha value is -2.86. The number of aryl methyl sites for hydroxylation is 1. The molecule has 11 nitrogen and oxygen atoms in total. The lowest BCUT2D eigenvalue weighted by atomic mass is 9.49. The van der Waals surface area contributed by atoms with Crippen molar-refractivity contribution in [1.82, 2.24) is 29.7 Å². The number of hydrogen-bond donors (Lipinski definition) is 1. The van der Waals surface area contributed by atoms with Crippen LogP contribution in [-0.4, -0.2) is 88.0 Å². The predicted molar refractivity (Wildman–Crippen MR) is 145 cm³/mol. The lowest BCUT2D eigenvalue weighted by molar-refractivity contribution is 0.00152. The molecule has 0 spiro atoms. The van der Waals surface area contributed by atoms with Crippen LogP contribution in [0.4, 0.5) is 5.95 Å². The summed E-state index contributed by atoms with van der Waals surface area (Å²) in [4.78, 5) is 12.9. The molecule has 38 heavy (non-hydrogen) atoms. The highest BCUT2D eigenvalue weighted by molar-refractivity contribution is 7.93. The monoisotopic (exact) mass is 527 g/mol. The Morgan fingerprint density at radius 3 is 2.24 bits per heavy atom. The molecule has 16 heteroatoms. The van der Waals surface area contributed by atoms with Crippen molar-refractivity contribution in [2.75, 3.05) is 11.8 Å². The van der Waals surface area contributed by atoms with Gasteiger partial charge >= 0.3 is 0 Å². The third kappa shape index (κ3) is 5.07. The van der Waals surface area contributed by atoms with Crippen molar-refractivity contribution in [2.45, 2.75) is 61.6 Å². The number of sulfonamides is 1. The lowest BCUT2D eigenvalue weighted by Gasteiger charge is -2.25. The number of hydrogen-bond acceptors (Lipinski definition) is 9. The first-order chi connectivity index (χ1) is 17.7. The molecule has 190 valence electrons. The Balaban J connectivity index is 1.75. The maximum Gasteiger partial charge on any atom is 0.240 e.